The Balaban J connectivity index is 2.80. The molecule has 0 aliphatic heterocycles. The van der Waals surface area contributed by atoms with Crippen molar-refractivity contribution in [3.63, 3.8) is 0 Å². The average molecular weight is 366 g/mol. The van der Waals surface area contributed by atoms with E-state index < -0.39 is 5.97 Å². The molecular weight excluding hydrogens is 361 g/mol. The lowest BCUT2D eigenvalue weighted by Gasteiger charge is -1.97. The maximum Gasteiger partial charge on any atom is 0.337 e. The van der Waals surface area contributed by atoms with Crippen LogP contribution >= 0.6 is 38.5 Å². The van der Waals surface area contributed by atoms with E-state index in [0.29, 0.717) is 5.56 Å². The number of rotatable bonds is 1. The number of nitrogens with one attached hydrogen (secondary N) is 1. The van der Waals surface area contributed by atoms with Gasteiger partial charge in [0.05, 0.1) is 5.56 Å². The molecule has 2 N–H and O–H groups in total. The number of hydrogen-bond donors (Lipinski definition) is 2. The fourth-order valence-corrected chi connectivity index (χ4v) is 2.10. The lowest BCUT2D eigenvalue weighted by atomic mass is 10.2. The minimum atomic E-state index is -0.908. The van der Waals surface area contributed by atoms with Crippen molar-refractivity contribution in [3.05, 3.63) is 31.9 Å². The number of benzene rings is 1. The van der Waals surface area contributed by atoms with Gasteiger partial charge < -0.3 is 10.1 Å². The van der Waals surface area contributed by atoms with Crippen LogP contribution in [0.15, 0.2) is 22.8 Å². The standard InChI is InChI=1S/C9H5BrINO2/c10-6-2-8-4(1-7(6)11)5(3-12-8)9(13)14/h1-3,12H,(H,13,14). The highest BCUT2D eigenvalue weighted by molar-refractivity contribution is 14.1. The number of fused-ring (bicyclic) bond motifs is 1. The van der Waals surface area contributed by atoms with Crippen molar-refractivity contribution in [1.29, 1.82) is 0 Å². The number of halogens is 2. The van der Waals surface area contributed by atoms with Crippen molar-refractivity contribution >= 4 is 55.4 Å². The Labute approximate surface area is 102 Å². The van der Waals surface area contributed by atoms with Crippen LogP contribution in [0.25, 0.3) is 10.9 Å². The summed E-state index contributed by atoms with van der Waals surface area (Å²) in [5.74, 6) is -0.908. The van der Waals surface area contributed by atoms with Gasteiger partial charge in [0, 0.05) is 25.1 Å². The van der Waals surface area contributed by atoms with Gasteiger partial charge >= 0.3 is 5.97 Å². The summed E-state index contributed by atoms with van der Waals surface area (Å²) in [4.78, 5) is 13.8. The van der Waals surface area contributed by atoms with Crippen molar-refractivity contribution in [2.24, 2.45) is 0 Å². The molecule has 2 aromatic rings. The van der Waals surface area contributed by atoms with Gasteiger partial charge in [0.2, 0.25) is 0 Å². The van der Waals surface area contributed by atoms with Crippen LogP contribution in [0.3, 0.4) is 0 Å². The third kappa shape index (κ3) is 1.54. The van der Waals surface area contributed by atoms with Gasteiger partial charge in [-0.25, -0.2) is 4.79 Å². The first kappa shape index (κ1) is 9.97. The molecule has 2 rings (SSSR count). The number of hydrogen-bond acceptors (Lipinski definition) is 1. The van der Waals surface area contributed by atoms with Crippen LogP contribution in [0.2, 0.25) is 0 Å². The summed E-state index contributed by atoms with van der Waals surface area (Å²) in [5, 5.41) is 9.64. The first-order valence-corrected chi connectivity index (χ1v) is 5.66. The Morgan fingerprint density at radius 1 is 1.50 bits per heavy atom. The molecule has 14 heavy (non-hydrogen) atoms. The van der Waals surface area contributed by atoms with E-state index in [0.717, 1.165) is 18.9 Å². The largest absolute Gasteiger partial charge is 0.478 e. The molecule has 0 aliphatic rings. The Morgan fingerprint density at radius 3 is 2.86 bits per heavy atom. The molecule has 0 spiro atoms. The smallest absolute Gasteiger partial charge is 0.337 e. The third-order valence-electron chi connectivity index (χ3n) is 1.95. The molecule has 0 bridgehead atoms. The van der Waals surface area contributed by atoms with Crippen molar-refractivity contribution in [2.45, 2.75) is 0 Å². The molecule has 1 aromatic heterocycles. The number of aromatic carboxylic acids is 1. The van der Waals surface area contributed by atoms with E-state index in [-0.39, 0.29) is 0 Å². The number of carboxylic acids is 1. The highest BCUT2D eigenvalue weighted by Gasteiger charge is 2.11. The van der Waals surface area contributed by atoms with Crippen LogP contribution in [0.5, 0.6) is 0 Å². The van der Waals surface area contributed by atoms with Gasteiger partial charge in [0.15, 0.2) is 0 Å². The third-order valence-corrected chi connectivity index (χ3v) is 4.24. The fraction of sp³-hybridized carbons (Fsp3) is 0. The lowest BCUT2D eigenvalue weighted by molar-refractivity contribution is 0.0699. The molecule has 0 unspecified atom stereocenters. The predicted molar refractivity (Wildman–Crippen MR) is 65.7 cm³/mol. The maximum atomic E-state index is 10.8. The Hall–Kier alpha value is -0.560. The van der Waals surface area contributed by atoms with Crippen LogP contribution in [0, 0.1) is 3.57 Å². The molecule has 0 fully saturated rings. The maximum absolute atomic E-state index is 10.8. The highest BCUT2D eigenvalue weighted by Crippen LogP contribution is 2.27. The number of H-pyrrole nitrogens is 1. The van der Waals surface area contributed by atoms with E-state index in [1.165, 1.54) is 6.20 Å². The molecule has 0 saturated carbocycles. The van der Waals surface area contributed by atoms with Crippen LogP contribution in [-0.4, -0.2) is 16.1 Å². The number of carboxylic acid groups (broad SMARTS) is 1. The topological polar surface area (TPSA) is 53.1 Å². The van der Waals surface area contributed by atoms with Gasteiger partial charge in [0.25, 0.3) is 0 Å². The monoisotopic (exact) mass is 365 g/mol. The van der Waals surface area contributed by atoms with Crippen LogP contribution in [-0.2, 0) is 0 Å². The van der Waals surface area contributed by atoms with Crippen molar-refractivity contribution in [3.8, 4) is 0 Å². The molecule has 0 aliphatic carbocycles. The number of carbonyl (C=O) groups is 1. The van der Waals surface area contributed by atoms with Gasteiger partial charge in [0.1, 0.15) is 0 Å². The predicted octanol–water partition coefficient (Wildman–Crippen LogP) is 3.23. The second-order valence-electron chi connectivity index (χ2n) is 2.82. The minimum Gasteiger partial charge on any atom is -0.478 e. The summed E-state index contributed by atoms with van der Waals surface area (Å²) >= 11 is 5.54. The normalized spacial score (nSPS) is 10.7. The van der Waals surface area contributed by atoms with E-state index in [2.05, 4.69) is 43.5 Å². The summed E-state index contributed by atoms with van der Waals surface area (Å²) in [5.41, 5.74) is 1.14. The average Bonchev–Trinajstić information content (AvgIpc) is 2.48. The number of aromatic nitrogens is 1. The molecule has 0 atom stereocenters. The van der Waals surface area contributed by atoms with Gasteiger partial charge in [-0.05, 0) is 50.7 Å². The first-order chi connectivity index (χ1) is 6.59. The zero-order valence-corrected chi connectivity index (χ0v) is 10.6. The summed E-state index contributed by atoms with van der Waals surface area (Å²) in [6.45, 7) is 0. The molecule has 0 amide bonds. The van der Waals surface area contributed by atoms with E-state index in [9.17, 15) is 4.79 Å². The number of aromatic amines is 1. The molecule has 3 nitrogen and oxygen atoms in total. The van der Waals surface area contributed by atoms with Crippen LogP contribution in [0.4, 0.5) is 0 Å². The molecule has 1 heterocycles. The van der Waals surface area contributed by atoms with Gasteiger partial charge in [-0.3, -0.25) is 0 Å². The molecule has 0 radical (unpaired) electrons. The molecule has 0 saturated heterocycles. The first-order valence-electron chi connectivity index (χ1n) is 3.79. The van der Waals surface area contributed by atoms with Crippen molar-refractivity contribution in [2.75, 3.05) is 0 Å². The summed E-state index contributed by atoms with van der Waals surface area (Å²) < 4.78 is 1.96. The Kier molecular flexibility index (Phi) is 2.52. The van der Waals surface area contributed by atoms with Gasteiger partial charge in [-0.2, -0.15) is 0 Å². The molecular formula is C9H5BrINO2. The van der Waals surface area contributed by atoms with Crippen LogP contribution < -0.4 is 0 Å². The van der Waals surface area contributed by atoms with E-state index in [1.807, 2.05) is 12.1 Å². The Morgan fingerprint density at radius 2 is 2.21 bits per heavy atom. The zero-order chi connectivity index (χ0) is 10.3. The summed E-state index contributed by atoms with van der Waals surface area (Å²) in [6.07, 6.45) is 1.51. The van der Waals surface area contributed by atoms with Crippen molar-refractivity contribution in [1.82, 2.24) is 4.98 Å². The van der Waals surface area contributed by atoms with E-state index >= 15 is 0 Å². The van der Waals surface area contributed by atoms with Crippen LogP contribution in [0.1, 0.15) is 10.4 Å². The SMILES string of the molecule is O=C(O)c1c[nH]c2cc(Br)c(I)cc12. The van der Waals surface area contributed by atoms with Gasteiger partial charge in [-0.1, -0.05) is 0 Å². The van der Waals surface area contributed by atoms with Gasteiger partial charge in [-0.15, -0.1) is 0 Å². The molecule has 72 valence electrons. The fourth-order valence-electron chi connectivity index (χ4n) is 1.29. The Bertz CT molecular complexity index is 521. The zero-order valence-electron chi connectivity index (χ0n) is 6.84. The lowest BCUT2D eigenvalue weighted by Crippen LogP contribution is -1.93. The van der Waals surface area contributed by atoms with E-state index in [1.54, 1.807) is 0 Å². The summed E-state index contributed by atoms with van der Waals surface area (Å²) in [7, 11) is 0. The second kappa shape index (κ2) is 3.54. The minimum absolute atomic E-state index is 0.311. The molecule has 1 aromatic carbocycles. The molecule has 5 heteroatoms. The van der Waals surface area contributed by atoms with E-state index in [4.69, 9.17) is 5.11 Å². The van der Waals surface area contributed by atoms with Crippen molar-refractivity contribution < 1.29 is 9.90 Å². The quantitative estimate of drug-likeness (QED) is 0.762. The summed E-state index contributed by atoms with van der Waals surface area (Å²) in [6, 6.07) is 3.73. The second-order valence-corrected chi connectivity index (χ2v) is 4.84. The highest BCUT2D eigenvalue weighted by atomic mass is 127.